The highest BCUT2D eigenvalue weighted by molar-refractivity contribution is 5.83. The van der Waals surface area contributed by atoms with E-state index in [0.29, 0.717) is 6.04 Å². The van der Waals surface area contributed by atoms with Crippen molar-refractivity contribution in [1.29, 1.82) is 0 Å². The molecule has 4 heteroatoms. The fourth-order valence-corrected chi connectivity index (χ4v) is 3.50. The molecule has 1 aromatic carbocycles. The first-order valence-electron chi connectivity index (χ1n) is 7.88. The van der Waals surface area contributed by atoms with Crippen molar-refractivity contribution in [3.63, 3.8) is 0 Å². The molecule has 3 atom stereocenters. The van der Waals surface area contributed by atoms with Crippen molar-refractivity contribution >= 4 is 5.91 Å². The summed E-state index contributed by atoms with van der Waals surface area (Å²) in [4.78, 5) is 14.8. The van der Waals surface area contributed by atoms with Crippen LogP contribution in [0, 0.1) is 0 Å². The van der Waals surface area contributed by atoms with Crippen LogP contribution < -0.4 is 5.32 Å². The minimum atomic E-state index is -0.0636. The van der Waals surface area contributed by atoms with Crippen molar-refractivity contribution < 1.29 is 9.53 Å². The van der Waals surface area contributed by atoms with E-state index < -0.39 is 0 Å². The Morgan fingerprint density at radius 3 is 2.90 bits per heavy atom. The summed E-state index contributed by atoms with van der Waals surface area (Å²) in [6, 6.07) is 10.8. The molecule has 2 aliphatic rings. The van der Waals surface area contributed by atoms with Gasteiger partial charge in [0.05, 0.1) is 12.1 Å². The molecule has 2 fully saturated rings. The zero-order chi connectivity index (χ0) is 14.7. The van der Waals surface area contributed by atoms with Crippen LogP contribution in [0.3, 0.4) is 0 Å². The first kappa shape index (κ1) is 14.5. The SMILES string of the molecule is COC1CNC(C(=O)N2CCCC2Cc2ccccc2)C1. The van der Waals surface area contributed by atoms with E-state index in [0.717, 1.165) is 38.8 Å². The number of carbonyl (C=O) groups excluding carboxylic acids is 1. The topological polar surface area (TPSA) is 41.6 Å². The zero-order valence-corrected chi connectivity index (χ0v) is 12.6. The predicted octanol–water partition coefficient (Wildman–Crippen LogP) is 1.60. The van der Waals surface area contributed by atoms with Crippen molar-refractivity contribution in [3.8, 4) is 0 Å². The minimum Gasteiger partial charge on any atom is -0.380 e. The molecule has 2 aliphatic heterocycles. The number of hydrogen-bond acceptors (Lipinski definition) is 3. The van der Waals surface area contributed by atoms with Crippen LogP contribution in [0.1, 0.15) is 24.8 Å². The highest BCUT2D eigenvalue weighted by Crippen LogP contribution is 2.24. The van der Waals surface area contributed by atoms with E-state index in [2.05, 4.69) is 34.5 Å². The number of hydrogen-bond donors (Lipinski definition) is 1. The Morgan fingerprint density at radius 2 is 2.19 bits per heavy atom. The molecule has 114 valence electrons. The van der Waals surface area contributed by atoms with Gasteiger partial charge in [-0.25, -0.2) is 0 Å². The normalized spacial score (nSPS) is 29.0. The van der Waals surface area contributed by atoms with E-state index in [1.54, 1.807) is 7.11 Å². The average Bonchev–Trinajstić information content (AvgIpc) is 3.16. The summed E-state index contributed by atoms with van der Waals surface area (Å²) in [5.74, 6) is 0.257. The summed E-state index contributed by atoms with van der Waals surface area (Å²) in [5, 5.41) is 3.30. The van der Waals surface area contributed by atoms with Crippen LogP contribution in [0.15, 0.2) is 30.3 Å². The third kappa shape index (κ3) is 3.27. The van der Waals surface area contributed by atoms with Gasteiger partial charge < -0.3 is 15.0 Å². The Hall–Kier alpha value is -1.39. The summed E-state index contributed by atoms with van der Waals surface area (Å²) in [6.07, 6.45) is 4.16. The van der Waals surface area contributed by atoms with E-state index in [9.17, 15) is 4.79 Å². The lowest BCUT2D eigenvalue weighted by atomic mass is 10.0. The number of benzene rings is 1. The second-order valence-corrected chi connectivity index (χ2v) is 6.07. The van der Waals surface area contributed by atoms with Crippen LogP contribution in [0.2, 0.25) is 0 Å². The maximum Gasteiger partial charge on any atom is 0.240 e. The zero-order valence-electron chi connectivity index (χ0n) is 12.6. The quantitative estimate of drug-likeness (QED) is 0.915. The largest absolute Gasteiger partial charge is 0.380 e. The van der Waals surface area contributed by atoms with Gasteiger partial charge in [0, 0.05) is 26.2 Å². The van der Waals surface area contributed by atoms with Crippen LogP contribution in [-0.2, 0) is 16.0 Å². The lowest BCUT2D eigenvalue weighted by molar-refractivity contribution is -0.134. The Bertz CT molecular complexity index is 477. The molecule has 3 rings (SSSR count). The van der Waals surface area contributed by atoms with Crippen LogP contribution in [0.5, 0.6) is 0 Å². The van der Waals surface area contributed by atoms with E-state index >= 15 is 0 Å². The number of likely N-dealkylation sites (tertiary alicyclic amines) is 1. The molecule has 3 unspecified atom stereocenters. The molecule has 21 heavy (non-hydrogen) atoms. The number of ether oxygens (including phenoxy) is 1. The highest BCUT2D eigenvalue weighted by Gasteiger charge is 2.36. The van der Waals surface area contributed by atoms with Crippen molar-refractivity contribution in [2.75, 3.05) is 20.2 Å². The highest BCUT2D eigenvalue weighted by atomic mass is 16.5. The van der Waals surface area contributed by atoms with Gasteiger partial charge in [-0.05, 0) is 31.2 Å². The number of carbonyl (C=O) groups is 1. The number of amides is 1. The molecule has 0 aromatic heterocycles. The van der Waals surface area contributed by atoms with E-state index in [4.69, 9.17) is 4.74 Å². The molecular formula is C17H24N2O2. The fraction of sp³-hybridized carbons (Fsp3) is 0.588. The molecule has 0 bridgehead atoms. The van der Waals surface area contributed by atoms with Crippen LogP contribution in [0.4, 0.5) is 0 Å². The van der Waals surface area contributed by atoms with Gasteiger partial charge >= 0.3 is 0 Å². The lowest BCUT2D eigenvalue weighted by Crippen LogP contribution is -2.46. The first-order chi connectivity index (χ1) is 10.3. The van der Waals surface area contributed by atoms with Crippen molar-refractivity contribution in [2.24, 2.45) is 0 Å². The summed E-state index contributed by atoms with van der Waals surface area (Å²) in [7, 11) is 1.72. The molecule has 0 radical (unpaired) electrons. The Morgan fingerprint density at radius 1 is 1.38 bits per heavy atom. The van der Waals surface area contributed by atoms with Gasteiger partial charge in [-0.2, -0.15) is 0 Å². The molecule has 4 nitrogen and oxygen atoms in total. The summed E-state index contributed by atoms with van der Waals surface area (Å²) >= 11 is 0. The van der Waals surface area contributed by atoms with Crippen LogP contribution in [0.25, 0.3) is 0 Å². The third-order valence-corrected chi connectivity index (χ3v) is 4.70. The Labute approximate surface area is 126 Å². The molecule has 1 aromatic rings. The predicted molar refractivity (Wildman–Crippen MR) is 82.1 cm³/mol. The van der Waals surface area contributed by atoms with Crippen LogP contribution >= 0.6 is 0 Å². The molecule has 2 saturated heterocycles. The second-order valence-electron chi connectivity index (χ2n) is 6.07. The molecule has 1 N–H and O–H groups in total. The van der Waals surface area contributed by atoms with E-state index in [-0.39, 0.29) is 18.1 Å². The standard InChI is InChI=1S/C17H24N2O2/c1-21-15-11-16(18-12-15)17(20)19-9-5-8-14(19)10-13-6-3-2-4-7-13/h2-4,6-7,14-16,18H,5,8-12H2,1H3. The average molecular weight is 288 g/mol. The van der Waals surface area contributed by atoms with Gasteiger partial charge in [-0.3, -0.25) is 4.79 Å². The number of methoxy groups -OCH3 is 1. The van der Waals surface area contributed by atoms with Crippen LogP contribution in [-0.4, -0.2) is 49.2 Å². The van der Waals surface area contributed by atoms with E-state index in [1.807, 2.05) is 6.07 Å². The second kappa shape index (κ2) is 6.58. The Kier molecular flexibility index (Phi) is 4.56. The number of nitrogens with one attached hydrogen (secondary N) is 1. The minimum absolute atomic E-state index is 0.0636. The van der Waals surface area contributed by atoms with Crippen molar-refractivity contribution in [1.82, 2.24) is 10.2 Å². The van der Waals surface area contributed by atoms with Gasteiger partial charge in [0.15, 0.2) is 0 Å². The molecule has 0 saturated carbocycles. The summed E-state index contributed by atoms with van der Waals surface area (Å²) < 4.78 is 5.34. The molecule has 1 amide bonds. The number of rotatable bonds is 4. The maximum absolute atomic E-state index is 12.7. The van der Waals surface area contributed by atoms with Crippen molar-refractivity contribution in [3.05, 3.63) is 35.9 Å². The van der Waals surface area contributed by atoms with Gasteiger partial charge in [-0.15, -0.1) is 0 Å². The van der Waals surface area contributed by atoms with Gasteiger partial charge in [0.2, 0.25) is 5.91 Å². The van der Waals surface area contributed by atoms with Crippen molar-refractivity contribution in [2.45, 2.75) is 43.9 Å². The van der Waals surface area contributed by atoms with Gasteiger partial charge in [0.25, 0.3) is 0 Å². The fourth-order valence-electron chi connectivity index (χ4n) is 3.50. The smallest absolute Gasteiger partial charge is 0.240 e. The summed E-state index contributed by atoms with van der Waals surface area (Å²) in [5.41, 5.74) is 1.32. The van der Waals surface area contributed by atoms with E-state index in [1.165, 1.54) is 5.56 Å². The Balaban J connectivity index is 1.62. The maximum atomic E-state index is 12.7. The molecule has 0 spiro atoms. The monoisotopic (exact) mass is 288 g/mol. The van der Waals surface area contributed by atoms with Gasteiger partial charge in [-0.1, -0.05) is 30.3 Å². The molecular weight excluding hydrogens is 264 g/mol. The van der Waals surface area contributed by atoms with Gasteiger partial charge in [0.1, 0.15) is 0 Å². The molecule has 2 heterocycles. The first-order valence-corrected chi connectivity index (χ1v) is 7.88. The summed E-state index contributed by atoms with van der Waals surface area (Å²) in [6.45, 7) is 1.68. The third-order valence-electron chi connectivity index (χ3n) is 4.70. The molecule has 0 aliphatic carbocycles. The lowest BCUT2D eigenvalue weighted by Gasteiger charge is -2.27. The number of nitrogens with zero attached hydrogens (tertiary/aromatic N) is 1.